The molecule has 7 heteroatoms. The fourth-order valence-corrected chi connectivity index (χ4v) is 3.67. The molecule has 4 rings (SSSR count). The predicted octanol–water partition coefficient (Wildman–Crippen LogP) is 5.58. The molecule has 0 radical (unpaired) electrons. The van der Waals surface area contributed by atoms with Crippen LogP contribution in [0.3, 0.4) is 0 Å². The normalized spacial score (nSPS) is 11.1. The van der Waals surface area contributed by atoms with Gasteiger partial charge >= 0.3 is 0 Å². The van der Waals surface area contributed by atoms with Gasteiger partial charge in [0.15, 0.2) is 17.4 Å². The van der Waals surface area contributed by atoms with E-state index in [0.717, 1.165) is 17.2 Å². The smallest absolute Gasteiger partial charge is 0.232 e. The van der Waals surface area contributed by atoms with Crippen molar-refractivity contribution in [1.29, 1.82) is 0 Å². The van der Waals surface area contributed by atoms with Crippen LogP contribution >= 0.6 is 11.3 Å². The van der Waals surface area contributed by atoms with Crippen LogP contribution < -0.4 is 4.74 Å². The van der Waals surface area contributed by atoms with Crippen molar-refractivity contribution in [1.82, 2.24) is 9.97 Å². The van der Waals surface area contributed by atoms with E-state index in [2.05, 4.69) is 9.97 Å². The van der Waals surface area contributed by atoms with Crippen molar-refractivity contribution < 1.29 is 18.3 Å². The van der Waals surface area contributed by atoms with Crippen LogP contribution in [0.1, 0.15) is 5.82 Å². The molecule has 4 nitrogen and oxygen atoms in total. The lowest BCUT2D eigenvalue weighted by molar-refractivity contribution is 0.177. The summed E-state index contributed by atoms with van der Waals surface area (Å²) in [6.45, 7) is 0.177. The van der Waals surface area contributed by atoms with E-state index in [9.17, 15) is 8.78 Å². The Morgan fingerprint density at radius 3 is 2.59 bits per heavy atom. The number of aromatic nitrogens is 2. The molecule has 0 bridgehead atoms. The first-order valence-corrected chi connectivity index (χ1v) is 8.99. The third kappa shape index (κ3) is 3.39. The van der Waals surface area contributed by atoms with Crippen molar-refractivity contribution in [3.63, 3.8) is 0 Å². The molecule has 136 valence electrons. The van der Waals surface area contributed by atoms with Gasteiger partial charge in [0.25, 0.3) is 0 Å². The molecule has 2 aromatic carbocycles. The van der Waals surface area contributed by atoms with Gasteiger partial charge in [0.05, 0.1) is 5.39 Å². The lowest BCUT2D eigenvalue weighted by Crippen LogP contribution is -2.01. The van der Waals surface area contributed by atoms with Gasteiger partial charge in [-0.05, 0) is 17.7 Å². The van der Waals surface area contributed by atoms with Crippen LogP contribution in [0.4, 0.5) is 8.78 Å². The van der Waals surface area contributed by atoms with E-state index in [1.54, 1.807) is 0 Å². The average molecular weight is 384 g/mol. The van der Waals surface area contributed by atoms with Gasteiger partial charge in [-0.15, -0.1) is 11.3 Å². The Bertz CT molecular complexity index is 1100. The Morgan fingerprint density at radius 2 is 1.81 bits per heavy atom. The first-order valence-electron chi connectivity index (χ1n) is 8.11. The summed E-state index contributed by atoms with van der Waals surface area (Å²) in [7, 11) is 1.53. The fourth-order valence-electron chi connectivity index (χ4n) is 2.72. The van der Waals surface area contributed by atoms with E-state index in [4.69, 9.17) is 9.47 Å². The van der Waals surface area contributed by atoms with Gasteiger partial charge < -0.3 is 9.47 Å². The number of methoxy groups -OCH3 is 1. The summed E-state index contributed by atoms with van der Waals surface area (Å²) in [5, 5.41) is 2.59. The number of rotatable bonds is 5. The van der Waals surface area contributed by atoms with E-state index in [0.29, 0.717) is 16.0 Å². The molecule has 0 aliphatic heterocycles. The van der Waals surface area contributed by atoms with Gasteiger partial charge in [-0.3, -0.25) is 0 Å². The highest BCUT2D eigenvalue weighted by Gasteiger charge is 2.19. The molecule has 0 saturated heterocycles. The van der Waals surface area contributed by atoms with Gasteiger partial charge in [0, 0.05) is 18.1 Å². The Morgan fingerprint density at radius 1 is 1.00 bits per heavy atom. The van der Waals surface area contributed by atoms with Crippen molar-refractivity contribution in [3.8, 4) is 22.8 Å². The van der Waals surface area contributed by atoms with Crippen molar-refractivity contribution in [2.24, 2.45) is 0 Å². The molecule has 4 aromatic rings. The highest BCUT2D eigenvalue weighted by atomic mass is 32.1. The minimum absolute atomic E-state index is 0.164. The minimum atomic E-state index is -1.06. The number of nitrogens with zero attached hydrogens (tertiary/aromatic N) is 2. The summed E-state index contributed by atoms with van der Waals surface area (Å²) in [6, 6.07) is 13.5. The molecule has 2 aromatic heterocycles. The quantitative estimate of drug-likeness (QED) is 0.451. The first-order chi connectivity index (χ1) is 13.2. The molecule has 0 unspecified atom stereocenters. The Balaban J connectivity index is 1.90. The van der Waals surface area contributed by atoms with Crippen molar-refractivity contribution in [2.45, 2.75) is 6.61 Å². The highest BCUT2D eigenvalue weighted by Crippen LogP contribution is 2.40. The summed E-state index contributed by atoms with van der Waals surface area (Å²) >= 11 is 1.43. The molecule has 0 fully saturated rings. The van der Waals surface area contributed by atoms with Crippen molar-refractivity contribution in [3.05, 3.63) is 71.4 Å². The van der Waals surface area contributed by atoms with Gasteiger partial charge in [0.1, 0.15) is 11.4 Å². The molecule has 0 amide bonds. The molecule has 0 aliphatic rings. The van der Waals surface area contributed by atoms with Crippen LogP contribution in [-0.2, 0) is 11.3 Å². The van der Waals surface area contributed by atoms with Crippen LogP contribution in [-0.4, -0.2) is 17.1 Å². The van der Waals surface area contributed by atoms with E-state index < -0.39 is 11.6 Å². The zero-order valence-electron chi connectivity index (χ0n) is 14.3. The lowest BCUT2D eigenvalue weighted by Gasteiger charge is -2.10. The fraction of sp³-hybridized carbons (Fsp3) is 0.100. The first kappa shape index (κ1) is 17.5. The second-order valence-electron chi connectivity index (χ2n) is 5.73. The molecule has 27 heavy (non-hydrogen) atoms. The predicted molar refractivity (Wildman–Crippen MR) is 100.0 cm³/mol. The third-order valence-corrected chi connectivity index (χ3v) is 4.80. The maximum atomic E-state index is 14.1. The van der Waals surface area contributed by atoms with Crippen LogP contribution in [0.15, 0.2) is 53.9 Å². The molecular weight excluding hydrogens is 370 g/mol. The van der Waals surface area contributed by atoms with Gasteiger partial charge in [0.2, 0.25) is 11.7 Å². The summed E-state index contributed by atoms with van der Waals surface area (Å²) < 4.78 is 38.5. The molecule has 0 aliphatic carbocycles. The minimum Gasteiger partial charge on any atom is -0.435 e. The number of halogens is 2. The van der Waals surface area contributed by atoms with Crippen molar-refractivity contribution >= 4 is 21.6 Å². The number of benzene rings is 2. The monoisotopic (exact) mass is 384 g/mol. The molecule has 2 heterocycles. The van der Waals surface area contributed by atoms with Gasteiger partial charge in [-0.2, -0.15) is 9.37 Å². The maximum Gasteiger partial charge on any atom is 0.232 e. The highest BCUT2D eigenvalue weighted by molar-refractivity contribution is 7.17. The van der Waals surface area contributed by atoms with Gasteiger partial charge in [-0.25, -0.2) is 9.37 Å². The largest absolute Gasteiger partial charge is 0.435 e. The van der Waals surface area contributed by atoms with Crippen LogP contribution in [0.5, 0.6) is 11.6 Å². The molecule has 0 N–H and O–H groups in total. The number of thiophene rings is 1. The third-order valence-electron chi connectivity index (χ3n) is 3.93. The van der Waals surface area contributed by atoms with Gasteiger partial charge in [-0.1, -0.05) is 36.4 Å². The summed E-state index contributed by atoms with van der Waals surface area (Å²) in [5.74, 6) is -1.71. The summed E-state index contributed by atoms with van der Waals surface area (Å²) in [4.78, 5) is 9.55. The summed E-state index contributed by atoms with van der Waals surface area (Å²) in [5.41, 5.74) is 1.82. The van der Waals surface area contributed by atoms with E-state index in [1.165, 1.54) is 30.6 Å². The van der Waals surface area contributed by atoms with Crippen LogP contribution in [0, 0.1) is 11.6 Å². The lowest BCUT2D eigenvalue weighted by atomic mass is 10.1. The van der Waals surface area contributed by atoms with E-state index in [1.807, 2.05) is 35.7 Å². The average Bonchev–Trinajstić information content (AvgIpc) is 3.11. The second kappa shape index (κ2) is 7.38. The summed E-state index contributed by atoms with van der Waals surface area (Å²) in [6.07, 6.45) is 0. The van der Waals surface area contributed by atoms with E-state index in [-0.39, 0.29) is 18.2 Å². The zero-order valence-corrected chi connectivity index (χ0v) is 15.1. The molecule has 0 atom stereocenters. The van der Waals surface area contributed by atoms with Crippen molar-refractivity contribution in [2.75, 3.05) is 7.11 Å². The van der Waals surface area contributed by atoms with E-state index >= 15 is 0 Å². The number of fused-ring (bicyclic) bond motifs is 1. The topological polar surface area (TPSA) is 44.2 Å². The van der Waals surface area contributed by atoms with Crippen LogP contribution in [0.2, 0.25) is 0 Å². The number of hydrogen-bond acceptors (Lipinski definition) is 5. The Kier molecular flexibility index (Phi) is 4.79. The second-order valence-corrected chi connectivity index (χ2v) is 6.59. The number of ether oxygens (including phenoxy) is 2. The maximum absolute atomic E-state index is 14.1. The SMILES string of the molecule is COCc1nc(Oc2cccc(F)c2F)c2c(-c3ccccc3)csc2n1. The molecule has 0 saturated carbocycles. The van der Waals surface area contributed by atoms with Crippen LogP contribution in [0.25, 0.3) is 21.3 Å². The molecule has 0 spiro atoms. The number of hydrogen-bond donors (Lipinski definition) is 0. The standard InChI is InChI=1S/C20H14F2N2O2S/c1-25-10-16-23-19(26-15-9-5-8-14(21)18(15)22)17-13(11-27-20(17)24-16)12-6-3-2-4-7-12/h2-9,11H,10H2,1H3. The Hall–Kier alpha value is -2.90. The Labute approximate surface area is 158 Å². The molecular formula is C20H14F2N2O2S. The zero-order chi connectivity index (χ0) is 18.8.